The van der Waals surface area contributed by atoms with Crippen LogP contribution < -0.4 is 10.1 Å². The number of aromatic nitrogens is 3. The van der Waals surface area contributed by atoms with E-state index in [9.17, 15) is 9.18 Å². The van der Waals surface area contributed by atoms with Crippen LogP contribution in [0.1, 0.15) is 11.1 Å². The van der Waals surface area contributed by atoms with Gasteiger partial charge in [0.15, 0.2) is 12.3 Å². The minimum absolute atomic E-state index is 0.0849. The predicted octanol–water partition coefficient (Wildman–Crippen LogP) is 5.23. The van der Waals surface area contributed by atoms with Crippen LogP contribution in [0.5, 0.6) is 5.88 Å². The zero-order valence-electron chi connectivity index (χ0n) is 19.1. The van der Waals surface area contributed by atoms with E-state index in [4.69, 9.17) is 14.8 Å². The highest BCUT2D eigenvalue weighted by molar-refractivity contribution is 5.95. The quantitative estimate of drug-likeness (QED) is 0.357. The van der Waals surface area contributed by atoms with Crippen molar-refractivity contribution in [1.29, 1.82) is 0 Å². The highest BCUT2D eigenvalue weighted by Crippen LogP contribution is 2.33. The van der Waals surface area contributed by atoms with Gasteiger partial charge in [-0.1, -0.05) is 66.7 Å². The third-order valence-corrected chi connectivity index (χ3v) is 5.64. The average Bonchev–Trinajstić information content (AvgIpc) is 3.28. The van der Waals surface area contributed by atoms with E-state index in [1.807, 2.05) is 67.6 Å². The summed E-state index contributed by atoms with van der Waals surface area (Å²) in [5.41, 5.74) is 4.65. The summed E-state index contributed by atoms with van der Waals surface area (Å²) in [7, 11) is 0. The Morgan fingerprint density at radius 3 is 2.40 bits per heavy atom. The van der Waals surface area contributed by atoms with Gasteiger partial charge in [0, 0.05) is 23.7 Å². The van der Waals surface area contributed by atoms with Gasteiger partial charge in [-0.25, -0.2) is 9.07 Å². The molecular formula is C28H23FN4O2. The van der Waals surface area contributed by atoms with E-state index in [2.05, 4.69) is 5.32 Å². The molecule has 0 saturated carbocycles. The third kappa shape index (κ3) is 4.75. The number of benzene rings is 3. The molecule has 1 amide bonds. The number of ether oxygens (including phenoxy) is 1. The van der Waals surface area contributed by atoms with Crippen LogP contribution >= 0.6 is 0 Å². The molecule has 0 aliphatic carbocycles. The lowest BCUT2D eigenvalue weighted by atomic mass is 10.1. The summed E-state index contributed by atoms with van der Waals surface area (Å²) >= 11 is 0. The van der Waals surface area contributed by atoms with Crippen LogP contribution in [0, 0.1) is 12.7 Å². The zero-order valence-corrected chi connectivity index (χ0v) is 19.1. The summed E-state index contributed by atoms with van der Waals surface area (Å²) in [6.45, 7) is 1.82. The summed E-state index contributed by atoms with van der Waals surface area (Å²) in [5.74, 6) is -0.415. The molecule has 7 heteroatoms. The number of fused-ring (bicyclic) bond motifs is 1. The van der Waals surface area contributed by atoms with Crippen LogP contribution in [-0.2, 0) is 11.3 Å². The molecule has 0 bridgehead atoms. The Kier molecular flexibility index (Phi) is 6.22. The number of hydrogen-bond donors (Lipinski definition) is 1. The van der Waals surface area contributed by atoms with Crippen molar-refractivity contribution in [3.8, 4) is 22.8 Å². The normalized spacial score (nSPS) is 10.9. The molecule has 0 spiro atoms. The number of hydrogen-bond acceptors (Lipinski definition) is 4. The molecule has 6 nitrogen and oxygen atoms in total. The molecule has 3 aromatic carbocycles. The number of nitrogens with zero attached hydrogens (tertiary/aromatic N) is 3. The summed E-state index contributed by atoms with van der Waals surface area (Å²) in [5, 5.41) is 8.47. The molecule has 0 aliphatic heterocycles. The number of para-hydroxylation sites is 1. The maximum absolute atomic E-state index is 13.8. The van der Waals surface area contributed by atoms with Crippen molar-refractivity contribution in [3.05, 3.63) is 108 Å². The van der Waals surface area contributed by atoms with Crippen LogP contribution in [0.3, 0.4) is 0 Å². The van der Waals surface area contributed by atoms with Crippen molar-refractivity contribution in [2.24, 2.45) is 0 Å². The van der Waals surface area contributed by atoms with Gasteiger partial charge in [-0.05, 0) is 30.7 Å². The molecule has 0 unspecified atom stereocenters. The number of nitrogens with one attached hydrogen (secondary N) is 1. The lowest BCUT2D eigenvalue weighted by molar-refractivity contribution is -0.123. The van der Waals surface area contributed by atoms with Crippen molar-refractivity contribution < 1.29 is 13.9 Å². The molecule has 1 N–H and O–H groups in total. The highest BCUT2D eigenvalue weighted by Gasteiger charge is 2.19. The molecule has 0 aliphatic rings. The second-order valence-electron chi connectivity index (χ2n) is 8.09. The summed E-state index contributed by atoms with van der Waals surface area (Å²) in [6.07, 6.45) is 0. The van der Waals surface area contributed by atoms with E-state index in [-0.39, 0.29) is 24.9 Å². The number of pyridine rings is 1. The fourth-order valence-electron chi connectivity index (χ4n) is 3.92. The Bertz CT molecular complexity index is 1480. The van der Waals surface area contributed by atoms with Crippen LogP contribution in [0.15, 0.2) is 91.0 Å². The molecule has 0 atom stereocenters. The Balaban J connectivity index is 1.43. The van der Waals surface area contributed by atoms with Gasteiger partial charge >= 0.3 is 0 Å². The lowest BCUT2D eigenvalue weighted by Crippen LogP contribution is -2.28. The smallest absolute Gasteiger partial charge is 0.258 e. The summed E-state index contributed by atoms with van der Waals surface area (Å²) in [6, 6.07) is 27.8. The van der Waals surface area contributed by atoms with Crippen LogP contribution in [0.4, 0.5) is 4.39 Å². The van der Waals surface area contributed by atoms with Gasteiger partial charge in [-0.3, -0.25) is 4.79 Å². The number of aryl methyl sites for hydroxylation is 1. The van der Waals surface area contributed by atoms with Gasteiger partial charge in [0.2, 0.25) is 5.88 Å². The van der Waals surface area contributed by atoms with Gasteiger partial charge < -0.3 is 10.1 Å². The topological polar surface area (TPSA) is 69.0 Å². The number of carbonyl (C=O) groups excluding carboxylic acids is 1. The first kappa shape index (κ1) is 22.3. The first-order valence-corrected chi connectivity index (χ1v) is 11.2. The van der Waals surface area contributed by atoms with Crippen molar-refractivity contribution in [2.75, 3.05) is 6.61 Å². The second-order valence-corrected chi connectivity index (χ2v) is 8.09. The van der Waals surface area contributed by atoms with Gasteiger partial charge in [0.25, 0.3) is 5.91 Å². The molecule has 5 aromatic rings. The summed E-state index contributed by atoms with van der Waals surface area (Å²) < 4.78 is 21.3. The molecule has 2 heterocycles. The fraction of sp³-hybridized carbons (Fsp3) is 0.107. The van der Waals surface area contributed by atoms with Crippen molar-refractivity contribution in [2.45, 2.75) is 13.5 Å². The van der Waals surface area contributed by atoms with Crippen molar-refractivity contribution in [1.82, 2.24) is 20.1 Å². The van der Waals surface area contributed by atoms with Crippen molar-refractivity contribution >= 4 is 16.9 Å². The monoisotopic (exact) mass is 466 g/mol. The van der Waals surface area contributed by atoms with E-state index in [0.29, 0.717) is 17.1 Å². The number of halogens is 1. The van der Waals surface area contributed by atoms with E-state index in [1.54, 1.807) is 28.9 Å². The first-order valence-electron chi connectivity index (χ1n) is 11.2. The molecule has 35 heavy (non-hydrogen) atoms. The van der Waals surface area contributed by atoms with Crippen LogP contribution in [0.25, 0.3) is 28.0 Å². The first-order chi connectivity index (χ1) is 17.1. The largest absolute Gasteiger partial charge is 0.468 e. The molecule has 174 valence electrons. The Hall–Kier alpha value is -4.52. The molecule has 0 saturated heterocycles. The molecule has 2 aromatic heterocycles. The molecule has 0 fully saturated rings. The SMILES string of the molecule is Cc1cc(OCC(=O)NCc2ccccc2F)nc2c1c(-c1ccccc1)nn2-c1ccccc1. The number of rotatable bonds is 7. The second kappa shape index (κ2) is 9.77. The average molecular weight is 467 g/mol. The van der Waals surface area contributed by atoms with Gasteiger partial charge in [0.05, 0.1) is 11.1 Å². The lowest BCUT2D eigenvalue weighted by Gasteiger charge is -2.09. The minimum atomic E-state index is -0.366. The third-order valence-electron chi connectivity index (χ3n) is 5.64. The van der Waals surface area contributed by atoms with E-state index in [0.717, 1.165) is 27.9 Å². The molecule has 0 radical (unpaired) electrons. The van der Waals surface area contributed by atoms with Crippen LogP contribution in [-0.4, -0.2) is 27.3 Å². The number of amides is 1. The van der Waals surface area contributed by atoms with E-state index >= 15 is 0 Å². The van der Waals surface area contributed by atoms with Crippen LogP contribution in [0.2, 0.25) is 0 Å². The van der Waals surface area contributed by atoms with Gasteiger partial charge in [-0.2, -0.15) is 10.1 Å². The van der Waals surface area contributed by atoms with Gasteiger partial charge in [-0.15, -0.1) is 0 Å². The maximum Gasteiger partial charge on any atom is 0.258 e. The number of carbonyl (C=O) groups is 1. The maximum atomic E-state index is 13.8. The Morgan fingerprint density at radius 2 is 1.66 bits per heavy atom. The Labute approximate surface area is 202 Å². The standard InChI is InChI=1S/C28H23FN4O2/c1-19-16-25(35-18-24(34)30-17-21-12-8-9-15-23(21)29)31-28-26(19)27(20-10-4-2-5-11-20)32-33(28)22-13-6-3-7-14-22/h2-16H,17-18H2,1H3,(H,30,34). The van der Waals surface area contributed by atoms with Crippen molar-refractivity contribution in [3.63, 3.8) is 0 Å². The Morgan fingerprint density at radius 1 is 0.971 bits per heavy atom. The fourth-order valence-corrected chi connectivity index (χ4v) is 3.92. The van der Waals surface area contributed by atoms with Gasteiger partial charge in [0.1, 0.15) is 11.5 Å². The zero-order chi connectivity index (χ0) is 24.2. The predicted molar refractivity (Wildman–Crippen MR) is 133 cm³/mol. The summed E-state index contributed by atoms with van der Waals surface area (Å²) in [4.78, 5) is 17.0. The highest BCUT2D eigenvalue weighted by atomic mass is 19.1. The molecular weight excluding hydrogens is 443 g/mol. The molecule has 5 rings (SSSR count). The van der Waals surface area contributed by atoms with E-state index in [1.165, 1.54) is 6.07 Å². The van der Waals surface area contributed by atoms with E-state index < -0.39 is 0 Å². The minimum Gasteiger partial charge on any atom is -0.468 e.